The number of para-hydroxylation sites is 1. The zero-order chi connectivity index (χ0) is 41.2. The fraction of sp³-hybridized carbons (Fsp3) is 0.0339. The van der Waals surface area contributed by atoms with Crippen molar-refractivity contribution in [2.45, 2.75) is 12.8 Å². The number of rotatable bonds is 9. The molecule has 0 aliphatic heterocycles. The normalized spacial score (nSPS) is 12.5. The fourth-order valence-electron chi connectivity index (χ4n) is 9.13. The SMILES string of the molecule is c1c(-c2ccccc2)ccc(N(c2ccccc2C2=C(c3ccccc3)C=CCC2)c2c(-c3ccccc3)n3nc(-c4ccccc4)c(-c4ccccc4)c3c3ccccc23)c#1. The minimum absolute atomic E-state index is 0.880. The third-order valence-electron chi connectivity index (χ3n) is 11.9. The highest BCUT2D eigenvalue weighted by Crippen LogP contribution is 2.51. The molecule has 2 heterocycles. The molecule has 62 heavy (non-hydrogen) atoms. The second-order valence-corrected chi connectivity index (χ2v) is 15.6. The molecule has 3 nitrogen and oxygen atoms in total. The lowest BCUT2D eigenvalue weighted by Gasteiger charge is -2.31. The highest BCUT2D eigenvalue weighted by atomic mass is 15.3. The molecule has 0 fully saturated rings. The molecule has 0 bridgehead atoms. The molecule has 0 saturated carbocycles. The highest BCUT2D eigenvalue weighted by Gasteiger charge is 2.30. The second kappa shape index (κ2) is 16.1. The first kappa shape index (κ1) is 36.9. The Morgan fingerprint density at radius 3 is 1.71 bits per heavy atom. The molecular weight excluding hydrogens is 751 g/mol. The Bertz CT molecular complexity index is 3240. The lowest BCUT2D eigenvalue weighted by Crippen LogP contribution is -2.16. The van der Waals surface area contributed by atoms with Crippen LogP contribution in [0, 0.1) is 12.1 Å². The maximum atomic E-state index is 5.69. The average Bonchev–Trinajstić information content (AvgIpc) is 3.77. The number of hydrogen-bond acceptors (Lipinski definition) is 2. The zero-order valence-electron chi connectivity index (χ0n) is 34.1. The molecule has 0 N–H and O–H groups in total. The molecule has 292 valence electrons. The Morgan fingerprint density at radius 2 is 1.05 bits per heavy atom. The number of aromatic nitrogens is 2. The van der Waals surface area contributed by atoms with Gasteiger partial charge in [0.15, 0.2) is 0 Å². The van der Waals surface area contributed by atoms with Crippen LogP contribution in [0.25, 0.3) is 72.2 Å². The van der Waals surface area contributed by atoms with Crippen molar-refractivity contribution in [3.8, 4) is 44.8 Å². The van der Waals surface area contributed by atoms with Gasteiger partial charge in [-0.15, -0.1) is 0 Å². The molecule has 1 aliphatic rings. The number of anilines is 3. The number of fused-ring (bicyclic) bond motifs is 3. The van der Waals surface area contributed by atoms with Crippen LogP contribution in [-0.4, -0.2) is 9.61 Å². The quantitative estimate of drug-likeness (QED) is 0.145. The Labute approximate surface area is 362 Å². The van der Waals surface area contributed by atoms with E-state index in [4.69, 9.17) is 5.10 Å². The molecule has 0 amide bonds. The number of nitrogens with zero attached hydrogens (tertiary/aromatic N) is 3. The Morgan fingerprint density at radius 1 is 0.484 bits per heavy atom. The van der Waals surface area contributed by atoms with Gasteiger partial charge in [0.05, 0.1) is 28.3 Å². The van der Waals surface area contributed by atoms with Crippen LogP contribution in [0.3, 0.4) is 0 Å². The molecule has 2 aromatic heterocycles. The first-order valence-electron chi connectivity index (χ1n) is 21.3. The van der Waals surface area contributed by atoms with Gasteiger partial charge in [-0.1, -0.05) is 212 Å². The van der Waals surface area contributed by atoms with Crippen LogP contribution in [0.4, 0.5) is 17.1 Å². The van der Waals surface area contributed by atoms with Gasteiger partial charge in [0.1, 0.15) is 5.69 Å². The van der Waals surface area contributed by atoms with Crippen LogP contribution in [-0.2, 0) is 0 Å². The van der Waals surface area contributed by atoms with E-state index in [0.29, 0.717) is 0 Å². The summed E-state index contributed by atoms with van der Waals surface area (Å²) in [4.78, 5) is 2.42. The van der Waals surface area contributed by atoms with E-state index >= 15 is 0 Å². The summed E-state index contributed by atoms with van der Waals surface area (Å²) in [5.74, 6) is 0. The Balaban J connectivity index is 1.29. The van der Waals surface area contributed by atoms with Crippen LogP contribution in [0.15, 0.2) is 224 Å². The molecule has 0 unspecified atom stereocenters. The third-order valence-corrected chi connectivity index (χ3v) is 11.9. The van der Waals surface area contributed by atoms with Crippen molar-refractivity contribution in [1.29, 1.82) is 0 Å². The molecule has 0 saturated heterocycles. The summed E-state index contributed by atoms with van der Waals surface area (Å²) in [5, 5.41) is 7.90. The summed E-state index contributed by atoms with van der Waals surface area (Å²) in [5.41, 5.74) is 17.3. The Hall–Kier alpha value is -8.19. The van der Waals surface area contributed by atoms with E-state index < -0.39 is 0 Å². The summed E-state index contributed by atoms with van der Waals surface area (Å²) < 4.78 is 2.22. The second-order valence-electron chi connectivity index (χ2n) is 15.6. The molecular formula is C59H41N3. The van der Waals surface area contributed by atoms with Gasteiger partial charge in [0.2, 0.25) is 0 Å². The molecule has 10 aromatic rings. The van der Waals surface area contributed by atoms with Gasteiger partial charge in [-0.05, 0) is 64.9 Å². The minimum atomic E-state index is 0.880. The maximum absolute atomic E-state index is 5.69. The van der Waals surface area contributed by atoms with Gasteiger partial charge in [-0.25, -0.2) is 4.52 Å². The van der Waals surface area contributed by atoms with Gasteiger partial charge in [-0.2, -0.15) is 5.10 Å². The predicted molar refractivity (Wildman–Crippen MR) is 258 cm³/mol. The molecule has 3 heteroatoms. The third kappa shape index (κ3) is 6.56. The maximum Gasteiger partial charge on any atom is 0.101 e. The molecule has 1 aliphatic carbocycles. The van der Waals surface area contributed by atoms with Crippen LogP contribution >= 0.6 is 0 Å². The lowest BCUT2D eigenvalue weighted by atomic mass is 9.86. The van der Waals surface area contributed by atoms with E-state index in [9.17, 15) is 0 Å². The smallest absolute Gasteiger partial charge is 0.101 e. The van der Waals surface area contributed by atoms with Crippen molar-refractivity contribution in [1.82, 2.24) is 9.61 Å². The van der Waals surface area contributed by atoms with Crippen LogP contribution in [0.5, 0.6) is 0 Å². The lowest BCUT2D eigenvalue weighted by molar-refractivity contribution is 0.976. The van der Waals surface area contributed by atoms with Crippen molar-refractivity contribution in [2.75, 3.05) is 4.90 Å². The number of hydrogen-bond donors (Lipinski definition) is 0. The predicted octanol–water partition coefficient (Wildman–Crippen LogP) is 15.5. The van der Waals surface area contributed by atoms with Crippen molar-refractivity contribution in [2.24, 2.45) is 0 Å². The van der Waals surface area contributed by atoms with E-state index in [1.807, 2.05) is 6.07 Å². The fourth-order valence-corrected chi connectivity index (χ4v) is 9.13. The van der Waals surface area contributed by atoms with E-state index in [0.717, 1.165) is 91.0 Å². The molecule has 8 aromatic carbocycles. The van der Waals surface area contributed by atoms with Crippen molar-refractivity contribution < 1.29 is 0 Å². The van der Waals surface area contributed by atoms with Crippen LogP contribution < -0.4 is 4.90 Å². The largest absolute Gasteiger partial charge is 0.300 e. The standard InChI is InChI=1S/C59H41N3/c1-6-22-42(23-7-1)43-38-40-48(41-39-43)61(54-37-21-20-34-51(54)50-33-17-16-32-49(50)44-24-8-2-9-25-44)59-53-36-19-18-35-52(53)58-55(45-26-10-3-11-27-45)56(46-28-12-4-13-29-46)60-62(58)57(59)47-30-14-5-15-31-47/h1-16,18-32,34-38,40H,17,33H2. The van der Waals surface area contributed by atoms with Gasteiger partial charge in [-0.3, -0.25) is 4.90 Å². The Kier molecular flexibility index (Phi) is 9.58. The zero-order valence-corrected chi connectivity index (χ0v) is 34.1. The van der Waals surface area contributed by atoms with Gasteiger partial charge in [0, 0.05) is 38.6 Å². The molecule has 0 radical (unpaired) electrons. The van der Waals surface area contributed by atoms with Gasteiger partial charge >= 0.3 is 0 Å². The monoisotopic (exact) mass is 791 g/mol. The molecule has 0 spiro atoms. The van der Waals surface area contributed by atoms with E-state index in [2.05, 4.69) is 240 Å². The number of benzene rings is 7. The summed E-state index contributed by atoms with van der Waals surface area (Å²) >= 11 is 0. The first-order valence-corrected chi connectivity index (χ1v) is 21.3. The van der Waals surface area contributed by atoms with E-state index in [-0.39, 0.29) is 0 Å². The van der Waals surface area contributed by atoms with Gasteiger partial charge in [0.25, 0.3) is 0 Å². The summed E-state index contributed by atoms with van der Waals surface area (Å²) in [6.07, 6.45) is 6.49. The number of pyridine rings is 1. The van der Waals surface area contributed by atoms with Crippen LogP contribution in [0.2, 0.25) is 0 Å². The molecule has 11 rings (SSSR count). The van der Waals surface area contributed by atoms with Gasteiger partial charge < -0.3 is 0 Å². The topological polar surface area (TPSA) is 20.5 Å². The highest BCUT2D eigenvalue weighted by molar-refractivity contribution is 6.16. The summed E-state index contributed by atoms with van der Waals surface area (Å²) in [6, 6.07) is 82.7. The average molecular weight is 792 g/mol. The van der Waals surface area contributed by atoms with Crippen molar-refractivity contribution in [3.05, 3.63) is 248 Å². The van der Waals surface area contributed by atoms with Crippen LogP contribution in [0.1, 0.15) is 24.0 Å². The summed E-state index contributed by atoms with van der Waals surface area (Å²) in [6.45, 7) is 0. The number of allylic oxidation sites excluding steroid dienone is 4. The van der Waals surface area contributed by atoms with Crippen molar-refractivity contribution in [3.63, 3.8) is 0 Å². The van der Waals surface area contributed by atoms with E-state index in [1.165, 1.54) is 22.3 Å². The van der Waals surface area contributed by atoms with Crippen molar-refractivity contribution >= 4 is 44.5 Å². The minimum Gasteiger partial charge on any atom is -0.300 e. The summed E-state index contributed by atoms with van der Waals surface area (Å²) in [7, 11) is 0. The van der Waals surface area contributed by atoms with E-state index in [1.54, 1.807) is 0 Å². The molecule has 0 atom stereocenters. The first-order chi connectivity index (χ1) is 30.8.